The number of nitrogens with zero attached hydrogens (tertiary/aromatic N) is 1. The van der Waals surface area contributed by atoms with Gasteiger partial charge in [0.05, 0.1) is 6.61 Å². The van der Waals surface area contributed by atoms with Crippen LogP contribution in [0.1, 0.15) is 36.5 Å². The van der Waals surface area contributed by atoms with Gasteiger partial charge in [-0.25, -0.2) is 4.39 Å². The van der Waals surface area contributed by atoms with Crippen molar-refractivity contribution in [3.63, 3.8) is 0 Å². The van der Waals surface area contributed by atoms with Crippen LogP contribution in [0.2, 0.25) is 0 Å². The quantitative estimate of drug-likeness (QED) is 0.335. The molecule has 1 saturated heterocycles. The SMILES string of the molecule is CCOc1cccc(CNC2CCN(Cc3ccccc3)CC2)c1OCc1ccccc1F.Cl.Cl. The molecule has 0 aliphatic carbocycles. The van der Waals surface area contributed by atoms with E-state index in [1.165, 1.54) is 11.6 Å². The van der Waals surface area contributed by atoms with E-state index in [0.29, 0.717) is 36.3 Å². The maximum absolute atomic E-state index is 14.1. The first-order valence-corrected chi connectivity index (χ1v) is 11.8. The van der Waals surface area contributed by atoms with Gasteiger partial charge in [0.1, 0.15) is 12.4 Å². The average molecular weight is 522 g/mol. The van der Waals surface area contributed by atoms with E-state index < -0.39 is 0 Å². The lowest BCUT2D eigenvalue weighted by Crippen LogP contribution is -2.41. The molecule has 1 aliphatic rings. The zero-order valence-electron chi connectivity index (χ0n) is 20.1. The molecule has 3 aromatic rings. The van der Waals surface area contributed by atoms with Gasteiger partial charge in [-0.2, -0.15) is 0 Å². The molecule has 0 atom stereocenters. The van der Waals surface area contributed by atoms with Crippen LogP contribution in [0.3, 0.4) is 0 Å². The van der Waals surface area contributed by atoms with E-state index in [0.717, 1.165) is 38.0 Å². The molecule has 35 heavy (non-hydrogen) atoms. The monoisotopic (exact) mass is 520 g/mol. The van der Waals surface area contributed by atoms with Crippen LogP contribution in [0.4, 0.5) is 4.39 Å². The van der Waals surface area contributed by atoms with Crippen LogP contribution in [-0.2, 0) is 19.7 Å². The minimum Gasteiger partial charge on any atom is -0.490 e. The highest BCUT2D eigenvalue weighted by Crippen LogP contribution is 2.32. The molecule has 4 rings (SSSR count). The van der Waals surface area contributed by atoms with Gasteiger partial charge in [-0.15, -0.1) is 24.8 Å². The Morgan fingerprint density at radius 1 is 0.857 bits per heavy atom. The second-order valence-electron chi connectivity index (χ2n) is 8.47. The van der Waals surface area contributed by atoms with Crippen LogP contribution < -0.4 is 14.8 Å². The molecular weight excluding hydrogens is 486 g/mol. The summed E-state index contributed by atoms with van der Waals surface area (Å²) in [5, 5.41) is 3.71. The predicted octanol–water partition coefficient (Wildman–Crippen LogP) is 6.40. The average Bonchev–Trinajstić information content (AvgIpc) is 2.85. The first-order chi connectivity index (χ1) is 16.2. The molecule has 0 amide bonds. The number of piperidine rings is 1. The highest BCUT2D eigenvalue weighted by atomic mass is 35.5. The summed E-state index contributed by atoms with van der Waals surface area (Å²) in [6.45, 7) is 6.54. The molecular formula is C28H35Cl2FN2O2. The highest BCUT2D eigenvalue weighted by molar-refractivity contribution is 5.85. The van der Waals surface area contributed by atoms with Crippen molar-refractivity contribution in [2.24, 2.45) is 0 Å². The molecule has 0 spiro atoms. The highest BCUT2D eigenvalue weighted by Gasteiger charge is 2.20. The van der Waals surface area contributed by atoms with Crippen LogP contribution in [0.25, 0.3) is 0 Å². The van der Waals surface area contributed by atoms with Gasteiger partial charge in [0.15, 0.2) is 11.5 Å². The minimum absolute atomic E-state index is 0. The molecule has 1 fully saturated rings. The Balaban J connectivity index is 0.00000216. The van der Waals surface area contributed by atoms with Crippen LogP contribution in [0.5, 0.6) is 11.5 Å². The summed E-state index contributed by atoms with van der Waals surface area (Å²) in [4.78, 5) is 2.52. The molecule has 0 unspecified atom stereocenters. The van der Waals surface area contributed by atoms with Crippen LogP contribution in [0, 0.1) is 5.82 Å². The van der Waals surface area contributed by atoms with Crippen molar-refractivity contribution in [3.05, 3.63) is 95.3 Å². The topological polar surface area (TPSA) is 33.7 Å². The molecule has 1 aliphatic heterocycles. The Hall–Kier alpha value is -2.31. The van der Waals surface area contributed by atoms with Gasteiger partial charge >= 0.3 is 0 Å². The summed E-state index contributed by atoms with van der Waals surface area (Å²) in [7, 11) is 0. The normalized spacial score (nSPS) is 14.0. The lowest BCUT2D eigenvalue weighted by atomic mass is 10.0. The van der Waals surface area contributed by atoms with Gasteiger partial charge in [-0.05, 0) is 50.6 Å². The van der Waals surface area contributed by atoms with Crippen molar-refractivity contribution < 1.29 is 13.9 Å². The number of nitrogens with one attached hydrogen (secondary N) is 1. The van der Waals surface area contributed by atoms with Gasteiger partial charge in [0.25, 0.3) is 0 Å². The van der Waals surface area contributed by atoms with Crippen molar-refractivity contribution in [3.8, 4) is 11.5 Å². The molecule has 0 radical (unpaired) electrons. The second kappa shape index (κ2) is 14.9. The third-order valence-corrected chi connectivity index (χ3v) is 6.11. The summed E-state index contributed by atoms with van der Waals surface area (Å²) in [5.74, 6) is 1.13. The lowest BCUT2D eigenvalue weighted by Gasteiger charge is -2.32. The standard InChI is InChI=1S/C28H33FN2O2.2ClH/c1-2-32-27-14-8-12-23(28(27)33-21-24-11-6-7-13-26(24)29)19-30-25-15-17-31(18-16-25)20-22-9-4-3-5-10-22;;/h3-14,25,30H,2,15-21H2,1H3;2*1H. The van der Waals surface area contributed by atoms with Crippen molar-refractivity contribution in [1.29, 1.82) is 0 Å². The zero-order valence-corrected chi connectivity index (χ0v) is 21.8. The van der Waals surface area contributed by atoms with E-state index in [9.17, 15) is 4.39 Å². The third-order valence-electron chi connectivity index (χ3n) is 6.11. The van der Waals surface area contributed by atoms with E-state index in [2.05, 4.69) is 46.6 Å². The van der Waals surface area contributed by atoms with Crippen molar-refractivity contribution in [1.82, 2.24) is 10.2 Å². The van der Waals surface area contributed by atoms with Gasteiger partial charge in [-0.1, -0.05) is 60.7 Å². The lowest BCUT2D eigenvalue weighted by molar-refractivity contribution is 0.189. The Morgan fingerprint density at radius 3 is 2.26 bits per heavy atom. The van der Waals surface area contributed by atoms with Crippen LogP contribution >= 0.6 is 24.8 Å². The zero-order chi connectivity index (χ0) is 22.9. The van der Waals surface area contributed by atoms with E-state index in [1.807, 2.05) is 25.1 Å². The molecule has 0 saturated carbocycles. The fraction of sp³-hybridized carbons (Fsp3) is 0.357. The fourth-order valence-electron chi connectivity index (χ4n) is 4.29. The summed E-state index contributed by atoms with van der Waals surface area (Å²) >= 11 is 0. The first-order valence-electron chi connectivity index (χ1n) is 11.8. The number of para-hydroxylation sites is 1. The van der Waals surface area contributed by atoms with Gasteiger partial charge < -0.3 is 14.8 Å². The van der Waals surface area contributed by atoms with Crippen molar-refractivity contribution in [2.45, 2.75) is 45.5 Å². The number of halogens is 3. The number of likely N-dealkylation sites (tertiary alicyclic amines) is 1. The molecule has 7 heteroatoms. The van der Waals surface area contributed by atoms with Gasteiger partial charge in [0.2, 0.25) is 0 Å². The summed E-state index contributed by atoms with van der Waals surface area (Å²) in [6, 6.07) is 23.8. The molecule has 0 aromatic heterocycles. The maximum Gasteiger partial charge on any atom is 0.166 e. The minimum atomic E-state index is -0.256. The van der Waals surface area contributed by atoms with E-state index in [-0.39, 0.29) is 37.2 Å². The summed E-state index contributed by atoms with van der Waals surface area (Å²) in [5.41, 5.74) is 2.94. The van der Waals surface area contributed by atoms with E-state index in [4.69, 9.17) is 9.47 Å². The number of rotatable bonds is 10. The largest absolute Gasteiger partial charge is 0.490 e. The smallest absolute Gasteiger partial charge is 0.166 e. The number of ether oxygens (including phenoxy) is 2. The summed E-state index contributed by atoms with van der Waals surface area (Å²) in [6.07, 6.45) is 2.23. The number of hydrogen-bond donors (Lipinski definition) is 1. The molecule has 190 valence electrons. The van der Waals surface area contributed by atoms with Gasteiger partial charge in [-0.3, -0.25) is 4.90 Å². The second-order valence-corrected chi connectivity index (χ2v) is 8.47. The fourth-order valence-corrected chi connectivity index (χ4v) is 4.29. The maximum atomic E-state index is 14.1. The Labute approximate surface area is 220 Å². The Kier molecular flexibility index (Phi) is 12.4. The van der Waals surface area contributed by atoms with Gasteiger partial charge in [0, 0.05) is 30.3 Å². The van der Waals surface area contributed by atoms with Crippen molar-refractivity contribution >= 4 is 24.8 Å². The predicted molar refractivity (Wildman–Crippen MR) is 144 cm³/mol. The Bertz CT molecular complexity index is 1010. The number of benzene rings is 3. The molecule has 1 N–H and O–H groups in total. The number of hydrogen-bond acceptors (Lipinski definition) is 4. The van der Waals surface area contributed by atoms with Crippen LogP contribution in [-0.4, -0.2) is 30.6 Å². The third kappa shape index (κ3) is 8.39. The molecule has 3 aromatic carbocycles. The molecule has 4 nitrogen and oxygen atoms in total. The van der Waals surface area contributed by atoms with E-state index in [1.54, 1.807) is 12.1 Å². The Morgan fingerprint density at radius 2 is 1.54 bits per heavy atom. The van der Waals surface area contributed by atoms with E-state index >= 15 is 0 Å². The van der Waals surface area contributed by atoms with Crippen LogP contribution in [0.15, 0.2) is 72.8 Å². The molecule has 0 bridgehead atoms. The van der Waals surface area contributed by atoms with Crippen molar-refractivity contribution in [2.75, 3.05) is 19.7 Å². The summed E-state index contributed by atoms with van der Waals surface area (Å²) < 4.78 is 26.0. The molecule has 1 heterocycles. The first kappa shape index (κ1) is 28.9.